The highest BCUT2D eigenvalue weighted by Crippen LogP contribution is 2.20. The number of hydrogen-bond acceptors (Lipinski definition) is 4. The molecule has 1 aliphatic heterocycles. The van der Waals surface area contributed by atoms with Crippen LogP contribution in [0.1, 0.15) is 39.5 Å². The van der Waals surface area contributed by atoms with Crippen molar-refractivity contribution in [3.05, 3.63) is 0 Å². The third-order valence-corrected chi connectivity index (χ3v) is 3.16. The molecule has 0 bridgehead atoms. The summed E-state index contributed by atoms with van der Waals surface area (Å²) in [6, 6.07) is -0.306. The number of nitrogens with two attached hydrogens (primary N) is 1. The van der Waals surface area contributed by atoms with Crippen LogP contribution < -0.4 is 11.1 Å². The highest BCUT2D eigenvalue weighted by atomic mass is 16.5. The van der Waals surface area contributed by atoms with Crippen LogP contribution in [-0.4, -0.2) is 30.6 Å². The van der Waals surface area contributed by atoms with Gasteiger partial charge < -0.3 is 15.8 Å². The summed E-state index contributed by atoms with van der Waals surface area (Å²) in [5.74, 6) is 0.162. The molecule has 0 aromatic carbocycles. The number of nitrogens with one attached hydrogen (secondary N) is 1. The second-order valence-corrected chi connectivity index (χ2v) is 4.64. The molecule has 17 heavy (non-hydrogen) atoms. The Morgan fingerprint density at radius 2 is 2.35 bits per heavy atom. The zero-order valence-corrected chi connectivity index (χ0v) is 10.6. The molecule has 1 aliphatic rings. The third-order valence-electron chi connectivity index (χ3n) is 3.16. The molecule has 0 aromatic heterocycles. The lowest BCUT2D eigenvalue weighted by Crippen LogP contribution is -2.33. The number of esters is 1. The Hall–Kier alpha value is -1.10. The Labute approximate surface area is 102 Å². The predicted molar refractivity (Wildman–Crippen MR) is 64.2 cm³/mol. The topological polar surface area (TPSA) is 81.4 Å². The van der Waals surface area contributed by atoms with Crippen molar-refractivity contribution in [2.24, 2.45) is 11.7 Å². The maximum atomic E-state index is 11.3. The minimum absolute atomic E-state index is 0.122. The first-order valence-electron chi connectivity index (χ1n) is 6.26. The van der Waals surface area contributed by atoms with E-state index in [-0.39, 0.29) is 17.9 Å². The lowest BCUT2D eigenvalue weighted by atomic mass is 9.97. The Balaban J connectivity index is 2.19. The van der Waals surface area contributed by atoms with Crippen LogP contribution in [0.3, 0.4) is 0 Å². The van der Waals surface area contributed by atoms with Gasteiger partial charge in [0.05, 0.1) is 6.61 Å². The normalized spacial score (nSPS) is 25.5. The maximum Gasteiger partial charge on any atom is 0.322 e. The fourth-order valence-electron chi connectivity index (χ4n) is 2.12. The number of carbonyl (C=O) groups is 2. The molecule has 1 saturated heterocycles. The average molecular weight is 242 g/mol. The van der Waals surface area contributed by atoms with Crippen molar-refractivity contribution in [2.75, 3.05) is 6.61 Å². The number of carbonyl (C=O) groups excluding carboxylic acids is 2. The Morgan fingerprint density at radius 3 is 2.88 bits per heavy atom. The minimum atomic E-state index is -0.539. The second kappa shape index (κ2) is 6.59. The van der Waals surface area contributed by atoms with Crippen molar-refractivity contribution in [1.82, 2.24) is 5.32 Å². The Morgan fingerprint density at radius 1 is 1.65 bits per heavy atom. The molecule has 0 radical (unpaired) electrons. The quantitative estimate of drug-likeness (QED) is 0.667. The van der Waals surface area contributed by atoms with E-state index in [9.17, 15) is 9.59 Å². The first-order valence-corrected chi connectivity index (χ1v) is 6.26. The van der Waals surface area contributed by atoms with Gasteiger partial charge in [0.25, 0.3) is 0 Å². The minimum Gasteiger partial charge on any atom is -0.465 e. The van der Waals surface area contributed by atoms with Crippen molar-refractivity contribution >= 4 is 11.9 Å². The van der Waals surface area contributed by atoms with Gasteiger partial charge in [-0.2, -0.15) is 0 Å². The van der Waals surface area contributed by atoms with Crippen molar-refractivity contribution < 1.29 is 14.3 Å². The summed E-state index contributed by atoms with van der Waals surface area (Å²) >= 11 is 0. The van der Waals surface area contributed by atoms with Gasteiger partial charge in [-0.3, -0.25) is 9.59 Å². The van der Waals surface area contributed by atoms with Gasteiger partial charge in [-0.1, -0.05) is 6.92 Å². The van der Waals surface area contributed by atoms with E-state index in [1.807, 2.05) is 0 Å². The highest BCUT2D eigenvalue weighted by molar-refractivity contribution is 5.78. The first kappa shape index (κ1) is 14.0. The number of amides is 1. The van der Waals surface area contributed by atoms with Crippen LogP contribution in [0.4, 0.5) is 0 Å². The van der Waals surface area contributed by atoms with E-state index < -0.39 is 6.04 Å². The van der Waals surface area contributed by atoms with Crippen LogP contribution in [0.2, 0.25) is 0 Å². The monoisotopic (exact) mass is 242 g/mol. The van der Waals surface area contributed by atoms with Gasteiger partial charge in [0.2, 0.25) is 5.91 Å². The van der Waals surface area contributed by atoms with E-state index in [4.69, 9.17) is 10.5 Å². The zero-order chi connectivity index (χ0) is 12.8. The van der Waals surface area contributed by atoms with Gasteiger partial charge in [0, 0.05) is 12.5 Å². The van der Waals surface area contributed by atoms with Crippen LogP contribution in [0.5, 0.6) is 0 Å². The molecule has 3 N–H and O–H groups in total. The smallest absolute Gasteiger partial charge is 0.322 e. The van der Waals surface area contributed by atoms with E-state index in [1.54, 1.807) is 6.92 Å². The van der Waals surface area contributed by atoms with Crippen LogP contribution in [0.25, 0.3) is 0 Å². The summed E-state index contributed by atoms with van der Waals surface area (Å²) in [6.07, 6.45) is 2.92. The van der Waals surface area contributed by atoms with E-state index in [1.165, 1.54) is 0 Å². The molecule has 0 aliphatic carbocycles. The summed E-state index contributed by atoms with van der Waals surface area (Å²) < 4.78 is 4.83. The summed E-state index contributed by atoms with van der Waals surface area (Å²) in [5.41, 5.74) is 5.69. The molecule has 3 atom stereocenters. The maximum absolute atomic E-state index is 11.3. The van der Waals surface area contributed by atoms with Gasteiger partial charge >= 0.3 is 5.97 Å². The molecule has 1 heterocycles. The predicted octanol–water partition coefficient (Wildman–Crippen LogP) is 0.572. The lowest BCUT2D eigenvalue weighted by Gasteiger charge is -2.16. The fourth-order valence-corrected chi connectivity index (χ4v) is 2.12. The van der Waals surface area contributed by atoms with E-state index in [0.29, 0.717) is 25.4 Å². The summed E-state index contributed by atoms with van der Waals surface area (Å²) in [6.45, 7) is 4.19. The van der Waals surface area contributed by atoms with E-state index in [0.717, 1.165) is 12.8 Å². The molecular formula is C12H22N2O3. The second-order valence-electron chi connectivity index (χ2n) is 4.64. The molecule has 1 rings (SSSR count). The average Bonchev–Trinajstić information content (AvgIpc) is 2.57. The number of hydrogen-bond donors (Lipinski definition) is 2. The first-order chi connectivity index (χ1) is 8.04. The summed E-state index contributed by atoms with van der Waals surface area (Å²) in [7, 11) is 0. The number of rotatable bonds is 6. The van der Waals surface area contributed by atoms with Gasteiger partial charge in [0.1, 0.15) is 6.04 Å². The van der Waals surface area contributed by atoms with Crippen molar-refractivity contribution in [3.63, 3.8) is 0 Å². The number of ether oxygens (including phenoxy) is 1. The molecule has 0 saturated carbocycles. The van der Waals surface area contributed by atoms with Crippen LogP contribution in [0, 0.1) is 5.92 Å². The summed E-state index contributed by atoms with van der Waals surface area (Å²) in [5, 5.41) is 2.94. The third kappa shape index (κ3) is 4.34. The van der Waals surface area contributed by atoms with Crippen LogP contribution >= 0.6 is 0 Å². The molecule has 3 unspecified atom stereocenters. The SMILES string of the molecule is CCOC(=O)C(N)CCCC1NC(=O)CC1C. The van der Waals surface area contributed by atoms with Crippen molar-refractivity contribution in [3.8, 4) is 0 Å². The standard InChI is InChI=1S/C12H22N2O3/c1-3-17-12(16)9(13)5-4-6-10-8(2)7-11(15)14-10/h8-10H,3-7,13H2,1-2H3,(H,14,15). The molecule has 5 heteroatoms. The lowest BCUT2D eigenvalue weighted by molar-refractivity contribution is -0.144. The molecule has 1 fully saturated rings. The largest absolute Gasteiger partial charge is 0.465 e. The van der Waals surface area contributed by atoms with Crippen LogP contribution in [-0.2, 0) is 14.3 Å². The molecule has 0 aromatic rings. The zero-order valence-electron chi connectivity index (χ0n) is 10.6. The van der Waals surface area contributed by atoms with Gasteiger partial charge in [-0.15, -0.1) is 0 Å². The Kier molecular flexibility index (Phi) is 5.41. The molecular weight excluding hydrogens is 220 g/mol. The molecule has 98 valence electrons. The van der Waals surface area contributed by atoms with Crippen molar-refractivity contribution in [2.45, 2.75) is 51.6 Å². The van der Waals surface area contributed by atoms with E-state index in [2.05, 4.69) is 12.2 Å². The summed E-state index contributed by atoms with van der Waals surface area (Å²) in [4.78, 5) is 22.4. The van der Waals surface area contributed by atoms with Gasteiger partial charge in [-0.25, -0.2) is 0 Å². The fraction of sp³-hybridized carbons (Fsp3) is 0.833. The highest BCUT2D eigenvalue weighted by Gasteiger charge is 2.28. The molecule has 0 spiro atoms. The van der Waals surface area contributed by atoms with Crippen molar-refractivity contribution in [1.29, 1.82) is 0 Å². The van der Waals surface area contributed by atoms with E-state index >= 15 is 0 Å². The molecule has 5 nitrogen and oxygen atoms in total. The van der Waals surface area contributed by atoms with Crippen LogP contribution in [0.15, 0.2) is 0 Å². The van der Waals surface area contributed by atoms with Gasteiger partial charge in [-0.05, 0) is 32.1 Å². The Bertz CT molecular complexity index is 281. The molecule has 1 amide bonds. The van der Waals surface area contributed by atoms with Gasteiger partial charge in [0.15, 0.2) is 0 Å².